The molecule has 0 amide bonds. The molecule has 1 aliphatic heterocycles. The van der Waals surface area contributed by atoms with Crippen molar-refractivity contribution in [1.82, 2.24) is 0 Å². The second kappa shape index (κ2) is 7.77. The zero-order chi connectivity index (χ0) is 16.8. The highest BCUT2D eigenvalue weighted by molar-refractivity contribution is 6.03. The Bertz CT molecular complexity index is 707. The molecule has 4 nitrogen and oxygen atoms in total. The van der Waals surface area contributed by atoms with E-state index in [2.05, 4.69) is 4.99 Å². The zero-order valence-electron chi connectivity index (χ0n) is 13.8. The van der Waals surface area contributed by atoms with E-state index < -0.39 is 0 Å². The Hall–Kier alpha value is -2.62. The topological polar surface area (TPSA) is 47.9 Å². The van der Waals surface area contributed by atoms with Crippen LogP contribution in [0.1, 0.15) is 30.9 Å². The molecule has 124 valence electrons. The highest BCUT2D eigenvalue weighted by Crippen LogP contribution is 2.22. The zero-order valence-corrected chi connectivity index (χ0v) is 13.8. The van der Waals surface area contributed by atoms with Gasteiger partial charge in [-0.1, -0.05) is 30.3 Å². The monoisotopic (exact) mass is 323 g/mol. The molecule has 0 saturated heterocycles. The van der Waals surface area contributed by atoms with Crippen molar-refractivity contribution in [2.75, 3.05) is 6.61 Å². The molecule has 0 bridgehead atoms. The number of hydrogen-bond acceptors (Lipinski definition) is 4. The number of aliphatic imine (C=N–C) groups is 1. The van der Waals surface area contributed by atoms with E-state index >= 15 is 0 Å². The lowest BCUT2D eigenvalue weighted by molar-refractivity contribution is -0.144. The van der Waals surface area contributed by atoms with Crippen molar-refractivity contribution < 1.29 is 14.3 Å². The minimum absolute atomic E-state index is 0.227. The molecule has 0 saturated carbocycles. The van der Waals surface area contributed by atoms with Gasteiger partial charge < -0.3 is 9.47 Å². The van der Waals surface area contributed by atoms with E-state index in [1.165, 1.54) is 0 Å². The second-order valence-corrected chi connectivity index (χ2v) is 5.68. The molecular weight excluding hydrogens is 302 g/mol. The SMILES string of the molecule is CCOC(=O)[C@H]1CCC(c2ccc(OCc3ccccc3)cc2)=N1. The van der Waals surface area contributed by atoms with Crippen LogP contribution < -0.4 is 4.74 Å². The van der Waals surface area contributed by atoms with Crippen LogP contribution in [0.5, 0.6) is 5.75 Å². The van der Waals surface area contributed by atoms with Crippen LogP contribution in [0.4, 0.5) is 0 Å². The maximum Gasteiger partial charge on any atom is 0.330 e. The van der Waals surface area contributed by atoms with Gasteiger partial charge in [0.2, 0.25) is 0 Å². The van der Waals surface area contributed by atoms with Crippen LogP contribution in [-0.4, -0.2) is 24.3 Å². The van der Waals surface area contributed by atoms with Crippen molar-refractivity contribution in [3.8, 4) is 5.75 Å². The smallest absolute Gasteiger partial charge is 0.330 e. The van der Waals surface area contributed by atoms with E-state index in [1.807, 2.05) is 61.5 Å². The van der Waals surface area contributed by atoms with Gasteiger partial charge in [-0.05, 0) is 55.2 Å². The lowest BCUT2D eigenvalue weighted by Crippen LogP contribution is -2.18. The van der Waals surface area contributed by atoms with Gasteiger partial charge in [-0.3, -0.25) is 4.99 Å². The third-order valence-electron chi connectivity index (χ3n) is 3.96. The van der Waals surface area contributed by atoms with Gasteiger partial charge in [-0.2, -0.15) is 0 Å². The van der Waals surface area contributed by atoms with E-state index in [9.17, 15) is 4.79 Å². The number of nitrogens with zero attached hydrogens (tertiary/aromatic N) is 1. The molecule has 4 heteroatoms. The third kappa shape index (κ3) is 4.02. The molecule has 1 atom stereocenters. The molecule has 0 N–H and O–H groups in total. The summed E-state index contributed by atoms with van der Waals surface area (Å²) in [5.41, 5.74) is 3.13. The van der Waals surface area contributed by atoms with Crippen LogP contribution in [0.2, 0.25) is 0 Å². The molecule has 1 aliphatic rings. The normalized spacial score (nSPS) is 16.5. The predicted octanol–water partition coefficient (Wildman–Crippen LogP) is 3.78. The number of hydrogen-bond donors (Lipinski definition) is 0. The van der Waals surface area contributed by atoms with Crippen molar-refractivity contribution in [3.05, 3.63) is 65.7 Å². The molecule has 3 rings (SSSR count). The van der Waals surface area contributed by atoms with Crippen LogP contribution in [0.15, 0.2) is 59.6 Å². The first kappa shape index (κ1) is 16.2. The standard InChI is InChI=1S/C20H21NO3/c1-2-23-20(22)19-13-12-18(21-19)16-8-10-17(11-9-16)24-14-15-6-4-3-5-7-15/h3-11,19H,2,12-14H2,1H3/t19-/m1/s1. The lowest BCUT2D eigenvalue weighted by atomic mass is 10.1. The van der Waals surface area contributed by atoms with Gasteiger partial charge in [0, 0.05) is 5.71 Å². The summed E-state index contributed by atoms with van der Waals surface area (Å²) in [4.78, 5) is 16.2. The number of ether oxygens (including phenoxy) is 2. The molecule has 24 heavy (non-hydrogen) atoms. The maximum atomic E-state index is 11.7. The average molecular weight is 323 g/mol. The quantitative estimate of drug-likeness (QED) is 0.760. The Morgan fingerprint density at radius 2 is 1.88 bits per heavy atom. The van der Waals surface area contributed by atoms with E-state index in [1.54, 1.807) is 0 Å². The van der Waals surface area contributed by atoms with Crippen molar-refractivity contribution in [2.45, 2.75) is 32.4 Å². The molecular formula is C20H21NO3. The summed E-state index contributed by atoms with van der Waals surface area (Å²) in [7, 11) is 0. The van der Waals surface area contributed by atoms with Crippen LogP contribution in [0, 0.1) is 0 Å². The number of esters is 1. The highest BCUT2D eigenvalue weighted by Gasteiger charge is 2.25. The van der Waals surface area contributed by atoms with Crippen LogP contribution >= 0.6 is 0 Å². The van der Waals surface area contributed by atoms with Crippen LogP contribution in [-0.2, 0) is 16.1 Å². The number of carbonyl (C=O) groups excluding carboxylic acids is 1. The molecule has 0 aromatic heterocycles. The molecule has 2 aromatic rings. The summed E-state index contributed by atoms with van der Waals surface area (Å²) in [5.74, 6) is 0.596. The van der Waals surface area contributed by atoms with Gasteiger partial charge in [0.15, 0.2) is 0 Å². The first-order valence-electron chi connectivity index (χ1n) is 8.26. The minimum atomic E-state index is -0.353. The van der Waals surface area contributed by atoms with Gasteiger partial charge in [-0.15, -0.1) is 0 Å². The van der Waals surface area contributed by atoms with Crippen molar-refractivity contribution in [2.24, 2.45) is 4.99 Å². The van der Waals surface area contributed by atoms with Gasteiger partial charge in [0.1, 0.15) is 18.4 Å². The summed E-state index contributed by atoms with van der Waals surface area (Å²) in [5, 5.41) is 0. The fourth-order valence-electron chi connectivity index (χ4n) is 2.70. The molecule has 0 spiro atoms. The van der Waals surface area contributed by atoms with Crippen molar-refractivity contribution >= 4 is 11.7 Å². The lowest BCUT2D eigenvalue weighted by Gasteiger charge is -2.07. The van der Waals surface area contributed by atoms with E-state index in [0.717, 1.165) is 35.4 Å². The fraction of sp³-hybridized carbons (Fsp3) is 0.300. The molecule has 2 aromatic carbocycles. The summed E-state index contributed by atoms with van der Waals surface area (Å²) < 4.78 is 10.8. The summed E-state index contributed by atoms with van der Waals surface area (Å²) >= 11 is 0. The molecule has 1 heterocycles. The Morgan fingerprint density at radius 1 is 1.12 bits per heavy atom. The van der Waals surface area contributed by atoms with Crippen molar-refractivity contribution in [3.63, 3.8) is 0 Å². The Labute approximate surface area is 142 Å². The van der Waals surface area contributed by atoms with Crippen LogP contribution in [0.25, 0.3) is 0 Å². The Balaban J connectivity index is 1.60. The highest BCUT2D eigenvalue weighted by atomic mass is 16.5. The van der Waals surface area contributed by atoms with Gasteiger partial charge in [0.05, 0.1) is 6.61 Å². The predicted molar refractivity (Wildman–Crippen MR) is 93.4 cm³/mol. The van der Waals surface area contributed by atoms with E-state index in [0.29, 0.717) is 13.2 Å². The first-order valence-corrected chi connectivity index (χ1v) is 8.26. The van der Waals surface area contributed by atoms with Crippen LogP contribution in [0.3, 0.4) is 0 Å². The van der Waals surface area contributed by atoms with E-state index in [4.69, 9.17) is 9.47 Å². The molecule has 0 unspecified atom stereocenters. The number of rotatable bonds is 6. The first-order chi connectivity index (χ1) is 11.8. The largest absolute Gasteiger partial charge is 0.489 e. The third-order valence-corrected chi connectivity index (χ3v) is 3.96. The minimum Gasteiger partial charge on any atom is -0.489 e. The van der Waals surface area contributed by atoms with Gasteiger partial charge in [-0.25, -0.2) is 4.79 Å². The Morgan fingerprint density at radius 3 is 2.58 bits per heavy atom. The fourth-order valence-corrected chi connectivity index (χ4v) is 2.70. The van der Waals surface area contributed by atoms with Crippen molar-refractivity contribution in [1.29, 1.82) is 0 Å². The summed E-state index contributed by atoms with van der Waals surface area (Å²) in [6.07, 6.45) is 1.52. The number of benzene rings is 2. The second-order valence-electron chi connectivity index (χ2n) is 5.68. The summed E-state index contributed by atoms with van der Waals surface area (Å²) in [6, 6.07) is 17.6. The average Bonchev–Trinajstić information content (AvgIpc) is 3.12. The van der Waals surface area contributed by atoms with E-state index in [-0.39, 0.29) is 12.0 Å². The van der Waals surface area contributed by atoms with Gasteiger partial charge >= 0.3 is 5.97 Å². The molecule has 0 radical (unpaired) electrons. The maximum absolute atomic E-state index is 11.7. The van der Waals surface area contributed by atoms with Gasteiger partial charge in [0.25, 0.3) is 0 Å². The number of carbonyl (C=O) groups is 1. The molecule has 0 aliphatic carbocycles. The Kier molecular flexibility index (Phi) is 5.26. The summed E-state index contributed by atoms with van der Waals surface area (Å²) in [6.45, 7) is 2.76. The molecule has 0 fully saturated rings.